The number of anilines is 1. The summed E-state index contributed by atoms with van der Waals surface area (Å²) < 4.78 is 0. The SMILES string of the molecule is N[14c]1nc(-c2ccccc2)nc2ccccc21. The molecular formula is C14H11N3. The zero-order chi connectivity index (χ0) is 11.7. The van der Waals surface area contributed by atoms with Crippen molar-refractivity contribution in [3.8, 4) is 11.4 Å². The first-order valence-corrected chi connectivity index (χ1v) is 5.42. The standard InChI is InChI=1S/C14H11N3/c15-13-11-8-4-5-9-12(11)16-14(17-13)10-6-2-1-3-7-10/h1-9H,(H2,15,16,17)/i13+2. The lowest BCUT2D eigenvalue weighted by Crippen LogP contribution is -1.97. The molecule has 3 rings (SSSR count). The van der Waals surface area contributed by atoms with E-state index in [2.05, 4.69) is 9.97 Å². The van der Waals surface area contributed by atoms with Gasteiger partial charge in [-0.25, -0.2) is 9.97 Å². The number of aromatic nitrogens is 2. The van der Waals surface area contributed by atoms with E-state index < -0.39 is 0 Å². The molecule has 2 N–H and O–H groups in total. The number of nitrogens with two attached hydrogens (primary N) is 1. The largest absolute Gasteiger partial charge is 0.383 e. The van der Waals surface area contributed by atoms with Crippen LogP contribution in [0.5, 0.6) is 0 Å². The van der Waals surface area contributed by atoms with Gasteiger partial charge in [-0.15, -0.1) is 0 Å². The van der Waals surface area contributed by atoms with Crippen molar-refractivity contribution in [2.75, 3.05) is 5.73 Å². The molecule has 0 aliphatic carbocycles. The first-order chi connectivity index (χ1) is 8.34. The van der Waals surface area contributed by atoms with Crippen molar-refractivity contribution in [2.45, 2.75) is 0 Å². The van der Waals surface area contributed by atoms with Crippen LogP contribution >= 0.6 is 0 Å². The van der Waals surface area contributed by atoms with Crippen LogP contribution in [0.1, 0.15) is 0 Å². The van der Waals surface area contributed by atoms with E-state index in [0.29, 0.717) is 11.6 Å². The maximum atomic E-state index is 5.94. The monoisotopic (exact) mass is 223 g/mol. The van der Waals surface area contributed by atoms with Crippen LogP contribution in [0.25, 0.3) is 22.3 Å². The minimum Gasteiger partial charge on any atom is -0.383 e. The van der Waals surface area contributed by atoms with E-state index in [-0.39, 0.29) is 0 Å². The number of benzene rings is 2. The number of para-hydroxylation sites is 1. The molecule has 1 heterocycles. The van der Waals surface area contributed by atoms with Crippen LogP contribution in [0.15, 0.2) is 54.6 Å². The Morgan fingerprint density at radius 2 is 1.59 bits per heavy atom. The highest BCUT2D eigenvalue weighted by Crippen LogP contribution is 2.22. The second-order valence-corrected chi connectivity index (χ2v) is 3.82. The smallest absolute Gasteiger partial charge is 0.162 e. The van der Waals surface area contributed by atoms with Crippen molar-refractivity contribution in [1.82, 2.24) is 9.97 Å². The highest BCUT2D eigenvalue weighted by atomic mass is 15.5. The molecule has 0 radical (unpaired) electrons. The fourth-order valence-electron chi connectivity index (χ4n) is 1.82. The third kappa shape index (κ3) is 1.72. The van der Waals surface area contributed by atoms with Crippen molar-refractivity contribution < 1.29 is 0 Å². The van der Waals surface area contributed by atoms with Crippen molar-refractivity contribution in [1.29, 1.82) is 0 Å². The van der Waals surface area contributed by atoms with E-state index in [9.17, 15) is 0 Å². The molecule has 2 aromatic carbocycles. The third-order valence-corrected chi connectivity index (χ3v) is 2.66. The summed E-state index contributed by atoms with van der Waals surface area (Å²) in [5.41, 5.74) is 7.79. The molecule has 0 unspecified atom stereocenters. The number of hydrogen-bond acceptors (Lipinski definition) is 3. The molecule has 17 heavy (non-hydrogen) atoms. The molecule has 0 saturated heterocycles. The summed E-state index contributed by atoms with van der Waals surface area (Å²) in [6.07, 6.45) is 0. The van der Waals surface area contributed by atoms with Crippen LogP contribution in [0.2, 0.25) is 0 Å². The third-order valence-electron chi connectivity index (χ3n) is 2.66. The summed E-state index contributed by atoms with van der Waals surface area (Å²) in [4.78, 5) is 8.85. The Morgan fingerprint density at radius 3 is 2.41 bits per heavy atom. The van der Waals surface area contributed by atoms with Gasteiger partial charge in [0, 0.05) is 10.9 Å². The second-order valence-electron chi connectivity index (χ2n) is 3.82. The molecule has 3 aromatic rings. The Hall–Kier alpha value is -2.42. The van der Waals surface area contributed by atoms with Gasteiger partial charge < -0.3 is 5.73 Å². The zero-order valence-corrected chi connectivity index (χ0v) is 9.17. The van der Waals surface area contributed by atoms with Gasteiger partial charge in [0.05, 0.1) is 5.52 Å². The summed E-state index contributed by atoms with van der Waals surface area (Å²) in [7, 11) is 0. The summed E-state index contributed by atoms with van der Waals surface area (Å²) in [5, 5.41) is 0.896. The number of rotatable bonds is 1. The van der Waals surface area contributed by atoms with Crippen molar-refractivity contribution in [2.24, 2.45) is 0 Å². The predicted molar refractivity (Wildman–Crippen MR) is 69.4 cm³/mol. The Bertz CT molecular complexity index is 663. The molecule has 0 atom stereocenters. The lowest BCUT2D eigenvalue weighted by Gasteiger charge is -2.04. The Labute approximate surface area is 98.9 Å². The van der Waals surface area contributed by atoms with Gasteiger partial charge in [-0.1, -0.05) is 42.5 Å². The number of nitrogens with zero attached hydrogens (tertiary/aromatic N) is 2. The van der Waals surface area contributed by atoms with Crippen LogP contribution in [-0.2, 0) is 0 Å². The van der Waals surface area contributed by atoms with Gasteiger partial charge in [-0.2, -0.15) is 0 Å². The molecule has 0 fully saturated rings. The van der Waals surface area contributed by atoms with E-state index in [1.807, 2.05) is 54.6 Å². The summed E-state index contributed by atoms with van der Waals surface area (Å²) in [5.74, 6) is 1.19. The van der Waals surface area contributed by atoms with Gasteiger partial charge in [0.1, 0.15) is 5.82 Å². The molecule has 0 amide bonds. The first kappa shape index (κ1) is 9.78. The topological polar surface area (TPSA) is 51.8 Å². The molecule has 0 aliphatic rings. The molecule has 0 aliphatic heterocycles. The van der Waals surface area contributed by atoms with Crippen LogP contribution < -0.4 is 5.73 Å². The fraction of sp³-hybridized carbons (Fsp3) is 0. The van der Waals surface area contributed by atoms with Crippen LogP contribution in [0.3, 0.4) is 0 Å². The Balaban J connectivity index is 2.26. The lowest BCUT2D eigenvalue weighted by atomic mass is 10.2. The molecule has 3 nitrogen and oxygen atoms in total. The molecule has 0 saturated carbocycles. The van der Waals surface area contributed by atoms with Crippen LogP contribution in [0, 0.1) is 0 Å². The Morgan fingerprint density at radius 1 is 0.882 bits per heavy atom. The number of hydrogen-bond donors (Lipinski definition) is 1. The average molecular weight is 223 g/mol. The van der Waals surface area contributed by atoms with Gasteiger partial charge in [0.2, 0.25) is 0 Å². The van der Waals surface area contributed by atoms with Gasteiger partial charge in [0.15, 0.2) is 5.82 Å². The van der Waals surface area contributed by atoms with Crippen LogP contribution in [-0.4, -0.2) is 9.97 Å². The average Bonchev–Trinajstić information content (AvgIpc) is 2.40. The second kappa shape index (κ2) is 3.87. The fourth-order valence-corrected chi connectivity index (χ4v) is 1.82. The van der Waals surface area contributed by atoms with E-state index in [4.69, 9.17) is 5.73 Å². The maximum absolute atomic E-state index is 5.94. The highest BCUT2D eigenvalue weighted by Gasteiger charge is 2.05. The Kier molecular flexibility index (Phi) is 2.22. The first-order valence-electron chi connectivity index (χ1n) is 5.42. The zero-order valence-electron chi connectivity index (χ0n) is 9.17. The van der Waals surface area contributed by atoms with Crippen molar-refractivity contribution in [3.05, 3.63) is 54.6 Å². The van der Waals surface area contributed by atoms with E-state index in [0.717, 1.165) is 16.5 Å². The maximum Gasteiger partial charge on any atom is 0.162 e. The van der Waals surface area contributed by atoms with Gasteiger partial charge >= 0.3 is 0 Å². The van der Waals surface area contributed by atoms with Gasteiger partial charge in [0.25, 0.3) is 0 Å². The van der Waals surface area contributed by atoms with Crippen molar-refractivity contribution in [3.63, 3.8) is 0 Å². The normalized spacial score (nSPS) is 10.6. The van der Waals surface area contributed by atoms with Crippen LogP contribution in [0.4, 0.5) is 5.82 Å². The number of fused-ring (bicyclic) bond motifs is 1. The van der Waals surface area contributed by atoms with Gasteiger partial charge in [-0.05, 0) is 12.1 Å². The molecule has 1 aromatic heterocycles. The molecule has 3 heteroatoms. The summed E-state index contributed by atoms with van der Waals surface area (Å²) in [6.45, 7) is 0. The van der Waals surface area contributed by atoms with E-state index >= 15 is 0 Å². The summed E-state index contributed by atoms with van der Waals surface area (Å²) >= 11 is 0. The van der Waals surface area contributed by atoms with Gasteiger partial charge in [-0.3, -0.25) is 0 Å². The van der Waals surface area contributed by atoms with E-state index in [1.165, 1.54) is 0 Å². The highest BCUT2D eigenvalue weighted by molar-refractivity contribution is 5.89. The minimum atomic E-state index is 0.523. The number of nitrogen functional groups attached to an aromatic ring is 1. The molecule has 0 spiro atoms. The lowest BCUT2D eigenvalue weighted by molar-refractivity contribution is 1.23. The quantitative estimate of drug-likeness (QED) is 0.690. The minimum absolute atomic E-state index is 0.523. The molecule has 0 bridgehead atoms. The molecule has 82 valence electrons. The van der Waals surface area contributed by atoms with Crippen molar-refractivity contribution >= 4 is 16.7 Å². The molecular weight excluding hydrogens is 212 g/mol. The predicted octanol–water partition coefficient (Wildman–Crippen LogP) is 2.88. The summed E-state index contributed by atoms with van der Waals surface area (Å²) in [6, 6.07) is 17.6. The van der Waals surface area contributed by atoms with E-state index in [1.54, 1.807) is 0 Å².